The lowest BCUT2D eigenvalue weighted by atomic mass is 10.2. The summed E-state index contributed by atoms with van der Waals surface area (Å²) in [5.74, 6) is 0. The molecule has 100 valence electrons. The van der Waals surface area contributed by atoms with Crippen LogP contribution < -0.4 is 10.2 Å². The maximum Gasteiger partial charge on any atom is 0.0606 e. The third-order valence-electron chi connectivity index (χ3n) is 2.69. The molecule has 0 saturated carbocycles. The van der Waals surface area contributed by atoms with Gasteiger partial charge in [0.1, 0.15) is 0 Å². The standard InChI is InChI=1S/C14H23N3O/c1-3-6-15-11-13-5-7-16-12-14(13)17(8-4-2)9-10-18/h4-5,7,12,15,18H,2-3,6,8-11H2,1H3. The van der Waals surface area contributed by atoms with Gasteiger partial charge in [0.2, 0.25) is 0 Å². The lowest BCUT2D eigenvalue weighted by molar-refractivity contribution is 0.303. The molecule has 0 amide bonds. The number of aromatic nitrogens is 1. The molecule has 0 spiro atoms. The highest BCUT2D eigenvalue weighted by Crippen LogP contribution is 2.18. The van der Waals surface area contributed by atoms with Gasteiger partial charge in [0, 0.05) is 25.8 Å². The van der Waals surface area contributed by atoms with Gasteiger partial charge in [0.25, 0.3) is 0 Å². The number of aliphatic hydroxyl groups is 1. The van der Waals surface area contributed by atoms with Gasteiger partial charge in [-0.3, -0.25) is 4.98 Å². The van der Waals surface area contributed by atoms with E-state index in [4.69, 9.17) is 5.11 Å². The smallest absolute Gasteiger partial charge is 0.0606 e. The highest BCUT2D eigenvalue weighted by molar-refractivity contribution is 5.52. The number of rotatable bonds is 9. The van der Waals surface area contributed by atoms with Gasteiger partial charge in [0.05, 0.1) is 18.5 Å². The van der Waals surface area contributed by atoms with Gasteiger partial charge in [-0.1, -0.05) is 13.0 Å². The minimum atomic E-state index is 0.130. The number of anilines is 1. The molecule has 0 aliphatic carbocycles. The van der Waals surface area contributed by atoms with Gasteiger partial charge >= 0.3 is 0 Å². The fourth-order valence-corrected chi connectivity index (χ4v) is 1.84. The van der Waals surface area contributed by atoms with E-state index in [-0.39, 0.29) is 6.61 Å². The Balaban J connectivity index is 2.80. The van der Waals surface area contributed by atoms with E-state index in [1.165, 1.54) is 5.56 Å². The molecule has 0 atom stereocenters. The number of hydrogen-bond donors (Lipinski definition) is 2. The summed E-state index contributed by atoms with van der Waals surface area (Å²) >= 11 is 0. The predicted molar refractivity (Wildman–Crippen MR) is 75.7 cm³/mol. The largest absolute Gasteiger partial charge is 0.395 e. The molecule has 0 fully saturated rings. The molecule has 18 heavy (non-hydrogen) atoms. The normalized spacial score (nSPS) is 10.3. The van der Waals surface area contributed by atoms with E-state index in [1.807, 2.05) is 18.3 Å². The quantitative estimate of drug-likeness (QED) is 0.515. The van der Waals surface area contributed by atoms with Crippen LogP contribution in [0.5, 0.6) is 0 Å². The van der Waals surface area contributed by atoms with Gasteiger partial charge in [-0.25, -0.2) is 0 Å². The Morgan fingerprint density at radius 1 is 1.56 bits per heavy atom. The van der Waals surface area contributed by atoms with Crippen molar-refractivity contribution in [1.82, 2.24) is 10.3 Å². The van der Waals surface area contributed by atoms with E-state index >= 15 is 0 Å². The van der Waals surface area contributed by atoms with Crippen LogP contribution in [0, 0.1) is 0 Å². The predicted octanol–water partition coefficient (Wildman–Crippen LogP) is 1.57. The Kier molecular flexibility index (Phi) is 7.06. The maximum absolute atomic E-state index is 9.12. The molecule has 0 aliphatic rings. The third-order valence-corrected chi connectivity index (χ3v) is 2.69. The van der Waals surface area contributed by atoms with Crippen molar-refractivity contribution in [2.75, 3.05) is 31.1 Å². The maximum atomic E-state index is 9.12. The zero-order valence-corrected chi connectivity index (χ0v) is 11.1. The van der Waals surface area contributed by atoms with Crippen molar-refractivity contribution >= 4 is 5.69 Å². The first kappa shape index (κ1) is 14.7. The van der Waals surface area contributed by atoms with Crippen molar-refractivity contribution < 1.29 is 5.11 Å². The summed E-state index contributed by atoms with van der Waals surface area (Å²) in [6, 6.07) is 2.02. The molecule has 1 rings (SSSR count). The molecule has 1 aromatic rings. The van der Waals surface area contributed by atoms with E-state index in [1.54, 1.807) is 6.20 Å². The molecule has 0 bridgehead atoms. The Hall–Kier alpha value is -1.39. The lowest BCUT2D eigenvalue weighted by Crippen LogP contribution is -2.28. The second kappa shape index (κ2) is 8.66. The lowest BCUT2D eigenvalue weighted by Gasteiger charge is -2.24. The van der Waals surface area contributed by atoms with Crippen LogP contribution in [0.2, 0.25) is 0 Å². The van der Waals surface area contributed by atoms with E-state index in [9.17, 15) is 0 Å². The molecule has 0 unspecified atom stereocenters. The van der Waals surface area contributed by atoms with Crippen molar-refractivity contribution in [3.05, 3.63) is 36.7 Å². The van der Waals surface area contributed by atoms with Crippen LogP contribution >= 0.6 is 0 Å². The number of aliphatic hydroxyl groups excluding tert-OH is 1. The molecular formula is C14H23N3O. The first-order chi connectivity index (χ1) is 8.83. The summed E-state index contributed by atoms with van der Waals surface area (Å²) in [5, 5.41) is 12.5. The average molecular weight is 249 g/mol. The zero-order valence-electron chi connectivity index (χ0n) is 11.1. The van der Waals surface area contributed by atoms with E-state index < -0.39 is 0 Å². The van der Waals surface area contributed by atoms with E-state index in [0.717, 1.165) is 25.2 Å². The van der Waals surface area contributed by atoms with Crippen LogP contribution in [-0.2, 0) is 6.54 Å². The van der Waals surface area contributed by atoms with Crippen molar-refractivity contribution in [3.8, 4) is 0 Å². The molecule has 0 aromatic carbocycles. The fraction of sp³-hybridized carbons (Fsp3) is 0.500. The van der Waals surface area contributed by atoms with Gasteiger partial charge in [-0.15, -0.1) is 6.58 Å². The molecule has 0 radical (unpaired) electrons. The summed E-state index contributed by atoms with van der Waals surface area (Å²) in [6.07, 6.45) is 6.61. The van der Waals surface area contributed by atoms with Crippen molar-refractivity contribution in [2.24, 2.45) is 0 Å². The SMILES string of the molecule is C=CCN(CCO)c1cnccc1CNCCC. The van der Waals surface area contributed by atoms with Crippen LogP contribution in [0.15, 0.2) is 31.1 Å². The van der Waals surface area contributed by atoms with Crippen molar-refractivity contribution in [2.45, 2.75) is 19.9 Å². The minimum Gasteiger partial charge on any atom is -0.395 e. The monoisotopic (exact) mass is 249 g/mol. The Morgan fingerprint density at radius 2 is 2.39 bits per heavy atom. The van der Waals surface area contributed by atoms with Crippen LogP contribution in [0.3, 0.4) is 0 Å². The third kappa shape index (κ3) is 4.47. The summed E-state index contributed by atoms with van der Waals surface area (Å²) < 4.78 is 0. The zero-order chi connectivity index (χ0) is 13.2. The summed E-state index contributed by atoms with van der Waals surface area (Å²) in [7, 11) is 0. The minimum absolute atomic E-state index is 0.130. The molecule has 1 aromatic heterocycles. The number of nitrogens with zero attached hydrogens (tertiary/aromatic N) is 2. The molecule has 4 nitrogen and oxygen atoms in total. The van der Waals surface area contributed by atoms with Crippen molar-refractivity contribution in [1.29, 1.82) is 0 Å². The Morgan fingerprint density at radius 3 is 3.06 bits per heavy atom. The van der Waals surface area contributed by atoms with E-state index in [2.05, 4.69) is 28.7 Å². The molecule has 0 aliphatic heterocycles. The van der Waals surface area contributed by atoms with Crippen LogP contribution in [0.1, 0.15) is 18.9 Å². The van der Waals surface area contributed by atoms with E-state index in [0.29, 0.717) is 13.1 Å². The Labute approximate surface area is 109 Å². The summed E-state index contributed by atoms with van der Waals surface area (Å²) in [4.78, 5) is 6.26. The fourth-order valence-electron chi connectivity index (χ4n) is 1.84. The second-order valence-electron chi connectivity index (χ2n) is 4.14. The van der Waals surface area contributed by atoms with Crippen LogP contribution in [-0.4, -0.2) is 36.3 Å². The highest BCUT2D eigenvalue weighted by atomic mass is 16.3. The first-order valence-corrected chi connectivity index (χ1v) is 6.43. The summed E-state index contributed by atoms with van der Waals surface area (Å²) in [5.41, 5.74) is 2.27. The summed E-state index contributed by atoms with van der Waals surface area (Å²) in [6.45, 7) is 9.17. The van der Waals surface area contributed by atoms with Crippen LogP contribution in [0.4, 0.5) is 5.69 Å². The number of nitrogens with one attached hydrogen (secondary N) is 1. The molecule has 4 heteroatoms. The molecule has 0 saturated heterocycles. The van der Waals surface area contributed by atoms with Crippen LogP contribution in [0.25, 0.3) is 0 Å². The molecule has 1 heterocycles. The molecular weight excluding hydrogens is 226 g/mol. The average Bonchev–Trinajstić information content (AvgIpc) is 2.39. The van der Waals surface area contributed by atoms with Gasteiger partial charge < -0.3 is 15.3 Å². The second-order valence-corrected chi connectivity index (χ2v) is 4.14. The number of hydrogen-bond acceptors (Lipinski definition) is 4. The van der Waals surface area contributed by atoms with Gasteiger partial charge in [0.15, 0.2) is 0 Å². The first-order valence-electron chi connectivity index (χ1n) is 6.43. The molecule has 2 N–H and O–H groups in total. The van der Waals surface area contributed by atoms with Gasteiger partial charge in [-0.2, -0.15) is 0 Å². The van der Waals surface area contributed by atoms with Gasteiger partial charge in [-0.05, 0) is 24.6 Å². The van der Waals surface area contributed by atoms with Crippen molar-refractivity contribution in [3.63, 3.8) is 0 Å². The highest BCUT2D eigenvalue weighted by Gasteiger charge is 2.09. The topological polar surface area (TPSA) is 48.4 Å². The number of pyridine rings is 1. The Bertz CT molecular complexity index is 355.